The van der Waals surface area contributed by atoms with Gasteiger partial charge in [-0.1, -0.05) is 41.4 Å². The van der Waals surface area contributed by atoms with Crippen molar-refractivity contribution >= 4 is 17.5 Å². The fourth-order valence-electron chi connectivity index (χ4n) is 3.35. The van der Waals surface area contributed by atoms with Crippen LogP contribution in [0.5, 0.6) is 0 Å². The molecule has 3 rings (SSSR count). The third-order valence-electron chi connectivity index (χ3n) is 4.97. The van der Waals surface area contributed by atoms with E-state index in [2.05, 4.69) is 34.3 Å². The number of rotatable bonds is 5. The van der Waals surface area contributed by atoms with Gasteiger partial charge in [0.25, 0.3) is 5.91 Å². The van der Waals surface area contributed by atoms with Crippen molar-refractivity contribution in [3.63, 3.8) is 0 Å². The fourth-order valence-corrected chi connectivity index (χ4v) is 3.48. The van der Waals surface area contributed by atoms with Crippen LogP contribution in [0.15, 0.2) is 48.5 Å². The number of amides is 1. The van der Waals surface area contributed by atoms with Gasteiger partial charge in [-0.3, -0.25) is 9.69 Å². The normalized spacial score (nSPS) is 17.0. The van der Waals surface area contributed by atoms with Crippen molar-refractivity contribution in [3.05, 3.63) is 70.2 Å². The molecule has 1 unspecified atom stereocenters. The SMILES string of the molecule is Cc1cccc(C(=O)NCC(c2ccc(Cl)cc2)N2CCN(C)CC2)c1. The molecule has 0 spiro atoms. The first-order chi connectivity index (χ1) is 12.5. The highest BCUT2D eigenvalue weighted by Gasteiger charge is 2.24. The summed E-state index contributed by atoms with van der Waals surface area (Å²) in [6.07, 6.45) is 0. The van der Waals surface area contributed by atoms with E-state index in [9.17, 15) is 4.79 Å². The molecule has 0 aliphatic carbocycles. The van der Waals surface area contributed by atoms with Crippen LogP contribution in [0.1, 0.15) is 27.5 Å². The molecule has 1 saturated heterocycles. The Balaban J connectivity index is 1.73. The van der Waals surface area contributed by atoms with Crippen molar-refractivity contribution in [3.8, 4) is 0 Å². The molecule has 2 aromatic carbocycles. The van der Waals surface area contributed by atoms with Crippen molar-refractivity contribution in [2.75, 3.05) is 39.8 Å². The van der Waals surface area contributed by atoms with E-state index in [4.69, 9.17) is 11.6 Å². The zero-order chi connectivity index (χ0) is 18.5. The fraction of sp³-hybridized carbons (Fsp3) is 0.381. The van der Waals surface area contributed by atoms with Gasteiger partial charge in [-0.15, -0.1) is 0 Å². The standard InChI is InChI=1S/C21H26ClN3O/c1-16-4-3-5-18(14-16)21(26)23-15-20(17-6-8-19(22)9-7-17)25-12-10-24(2)11-13-25/h3-9,14,20H,10-13,15H2,1-2H3,(H,23,26). The molecule has 138 valence electrons. The van der Waals surface area contributed by atoms with E-state index < -0.39 is 0 Å². The Labute approximate surface area is 160 Å². The lowest BCUT2D eigenvalue weighted by Crippen LogP contribution is -2.48. The number of carbonyl (C=O) groups is 1. The Kier molecular flexibility index (Phi) is 6.30. The van der Waals surface area contributed by atoms with Crippen molar-refractivity contribution in [2.24, 2.45) is 0 Å². The Morgan fingerprint density at radius 1 is 1.12 bits per heavy atom. The van der Waals surface area contributed by atoms with Crippen molar-refractivity contribution < 1.29 is 4.79 Å². The smallest absolute Gasteiger partial charge is 0.251 e. The van der Waals surface area contributed by atoms with Gasteiger partial charge in [-0.2, -0.15) is 0 Å². The summed E-state index contributed by atoms with van der Waals surface area (Å²) in [5.41, 5.74) is 2.98. The Hall–Kier alpha value is -1.88. The Bertz CT molecular complexity index is 739. The first kappa shape index (κ1) is 18.9. The molecule has 4 nitrogen and oxygen atoms in total. The lowest BCUT2D eigenvalue weighted by atomic mass is 10.0. The molecule has 1 N–H and O–H groups in total. The number of benzene rings is 2. The van der Waals surface area contributed by atoms with Gasteiger partial charge in [0.05, 0.1) is 6.04 Å². The zero-order valence-electron chi connectivity index (χ0n) is 15.4. The molecule has 2 aromatic rings. The highest BCUT2D eigenvalue weighted by atomic mass is 35.5. The van der Waals surface area contributed by atoms with Crippen molar-refractivity contribution in [1.29, 1.82) is 0 Å². The number of halogens is 1. The summed E-state index contributed by atoms with van der Waals surface area (Å²) in [7, 11) is 2.15. The molecule has 1 aliphatic rings. The van der Waals surface area contributed by atoms with E-state index in [0.717, 1.165) is 36.8 Å². The molecule has 26 heavy (non-hydrogen) atoms. The van der Waals surface area contributed by atoms with E-state index in [1.165, 1.54) is 5.56 Å². The van der Waals surface area contributed by atoms with Crippen molar-refractivity contribution in [2.45, 2.75) is 13.0 Å². The van der Waals surface area contributed by atoms with Crippen molar-refractivity contribution in [1.82, 2.24) is 15.1 Å². The molecular formula is C21H26ClN3O. The van der Waals surface area contributed by atoms with Crippen LogP contribution in [0.4, 0.5) is 0 Å². The van der Waals surface area contributed by atoms with Crippen LogP contribution in [0.3, 0.4) is 0 Å². The van der Waals surface area contributed by atoms with Crippen LogP contribution in [0, 0.1) is 6.92 Å². The quantitative estimate of drug-likeness (QED) is 0.875. The minimum absolute atomic E-state index is 0.0261. The second kappa shape index (κ2) is 8.67. The Morgan fingerprint density at radius 2 is 1.81 bits per heavy atom. The molecule has 1 heterocycles. The van der Waals surface area contributed by atoms with E-state index in [1.54, 1.807) is 0 Å². The van der Waals surface area contributed by atoms with Gasteiger partial charge in [0.1, 0.15) is 0 Å². The highest BCUT2D eigenvalue weighted by molar-refractivity contribution is 6.30. The lowest BCUT2D eigenvalue weighted by Gasteiger charge is -2.38. The van der Waals surface area contributed by atoms with Gasteiger partial charge in [0.15, 0.2) is 0 Å². The maximum Gasteiger partial charge on any atom is 0.251 e. The summed E-state index contributed by atoms with van der Waals surface area (Å²) in [6.45, 7) is 6.63. The minimum atomic E-state index is -0.0261. The monoisotopic (exact) mass is 371 g/mol. The van der Waals surface area contributed by atoms with Crippen LogP contribution >= 0.6 is 11.6 Å². The van der Waals surface area contributed by atoms with Crippen LogP contribution in [0.25, 0.3) is 0 Å². The maximum atomic E-state index is 12.6. The third-order valence-corrected chi connectivity index (χ3v) is 5.22. The average Bonchev–Trinajstić information content (AvgIpc) is 2.64. The van der Waals surface area contributed by atoms with Gasteiger partial charge in [-0.25, -0.2) is 0 Å². The van der Waals surface area contributed by atoms with Crippen LogP contribution in [0.2, 0.25) is 5.02 Å². The third kappa shape index (κ3) is 4.85. The topological polar surface area (TPSA) is 35.6 Å². The predicted octanol–water partition coefficient (Wildman–Crippen LogP) is 3.37. The molecule has 1 amide bonds. The molecule has 5 heteroatoms. The van der Waals surface area contributed by atoms with Crippen LogP contribution in [-0.2, 0) is 0 Å². The number of piperazine rings is 1. The Morgan fingerprint density at radius 3 is 2.46 bits per heavy atom. The summed E-state index contributed by atoms with van der Waals surface area (Å²) in [5, 5.41) is 3.85. The minimum Gasteiger partial charge on any atom is -0.350 e. The average molecular weight is 372 g/mol. The van der Waals surface area contributed by atoms with Crippen LogP contribution < -0.4 is 5.32 Å². The maximum absolute atomic E-state index is 12.6. The number of likely N-dealkylation sites (N-methyl/N-ethyl adjacent to an activating group) is 1. The molecule has 1 fully saturated rings. The first-order valence-electron chi connectivity index (χ1n) is 9.06. The van der Waals surface area contributed by atoms with E-state index >= 15 is 0 Å². The molecule has 0 bridgehead atoms. The summed E-state index contributed by atoms with van der Waals surface area (Å²) in [4.78, 5) is 17.3. The summed E-state index contributed by atoms with van der Waals surface area (Å²) < 4.78 is 0. The number of carbonyl (C=O) groups excluding carboxylic acids is 1. The molecular weight excluding hydrogens is 346 g/mol. The largest absolute Gasteiger partial charge is 0.350 e. The van der Waals surface area contributed by atoms with Gasteiger partial charge in [-0.05, 0) is 43.8 Å². The van der Waals surface area contributed by atoms with Crippen LogP contribution in [-0.4, -0.2) is 55.5 Å². The molecule has 0 aromatic heterocycles. The molecule has 1 atom stereocenters. The number of nitrogens with zero attached hydrogens (tertiary/aromatic N) is 2. The second-order valence-corrected chi connectivity index (χ2v) is 7.42. The summed E-state index contributed by atoms with van der Waals surface area (Å²) >= 11 is 6.05. The molecule has 1 aliphatic heterocycles. The van der Waals surface area contributed by atoms with E-state index in [0.29, 0.717) is 12.1 Å². The molecule has 0 saturated carbocycles. The zero-order valence-corrected chi connectivity index (χ0v) is 16.2. The van der Waals surface area contributed by atoms with E-state index in [-0.39, 0.29) is 11.9 Å². The summed E-state index contributed by atoms with van der Waals surface area (Å²) in [6, 6.07) is 15.8. The predicted molar refractivity (Wildman–Crippen MR) is 107 cm³/mol. The summed E-state index contributed by atoms with van der Waals surface area (Å²) in [5.74, 6) is -0.0261. The number of nitrogens with one attached hydrogen (secondary N) is 1. The number of hydrogen-bond acceptors (Lipinski definition) is 3. The van der Waals surface area contributed by atoms with E-state index in [1.807, 2.05) is 43.3 Å². The van der Waals surface area contributed by atoms with Gasteiger partial charge >= 0.3 is 0 Å². The highest BCUT2D eigenvalue weighted by Crippen LogP contribution is 2.23. The second-order valence-electron chi connectivity index (χ2n) is 6.99. The lowest BCUT2D eigenvalue weighted by molar-refractivity contribution is 0.0886. The number of hydrogen-bond donors (Lipinski definition) is 1. The first-order valence-corrected chi connectivity index (χ1v) is 9.43. The molecule has 0 radical (unpaired) electrons. The van der Waals surface area contributed by atoms with Gasteiger partial charge in [0.2, 0.25) is 0 Å². The van der Waals surface area contributed by atoms with Gasteiger partial charge < -0.3 is 10.2 Å². The van der Waals surface area contributed by atoms with Gasteiger partial charge in [0, 0.05) is 43.3 Å². The number of aryl methyl sites for hydroxylation is 1.